The minimum atomic E-state index is 1.19. The molecule has 0 spiro atoms. The average molecular weight is 329 g/mol. The Labute approximate surface area is 148 Å². The molecule has 0 radical (unpaired) electrons. The van der Waals surface area contributed by atoms with Gasteiger partial charge in [-0.05, 0) is 48.5 Å². The minimum Gasteiger partial charge on any atom is -0.378 e. The zero-order valence-corrected chi connectivity index (χ0v) is 15.2. The van der Waals surface area contributed by atoms with E-state index in [1.165, 1.54) is 38.9 Å². The average Bonchev–Trinajstić information content (AvgIpc) is 2.95. The second-order valence-corrected chi connectivity index (χ2v) is 6.86. The van der Waals surface area contributed by atoms with Gasteiger partial charge in [0.25, 0.3) is 0 Å². The lowest BCUT2D eigenvalue weighted by atomic mass is 10.1. The van der Waals surface area contributed by atoms with Crippen LogP contribution in [0.4, 0.5) is 11.4 Å². The van der Waals surface area contributed by atoms with Crippen LogP contribution < -0.4 is 9.80 Å². The van der Waals surface area contributed by atoms with Crippen molar-refractivity contribution >= 4 is 33.2 Å². The van der Waals surface area contributed by atoms with E-state index in [9.17, 15) is 0 Å². The second kappa shape index (κ2) is 5.85. The number of para-hydroxylation sites is 1. The molecule has 3 nitrogen and oxygen atoms in total. The van der Waals surface area contributed by atoms with Gasteiger partial charge < -0.3 is 14.4 Å². The molecule has 3 heteroatoms. The van der Waals surface area contributed by atoms with Crippen molar-refractivity contribution in [3.8, 4) is 5.69 Å². The smallest absolute Gasteiger partial charge is 0.0542 e. The Morgan fingerprint density at radius 1 is 0.600 bits per heavy atom. The maximum Gasteiger partial charge on any atom is 0.0542 e. The minimum absolute atomic E-state index is 1.19. The van der Waals surface area contributed by atoms with E-state index in [-0.39, 0.29) is 0 Å². The molecule has 1 heterocycles. The summed E-state index contributed by atoms with van der Waals surface area (Å²) < 4.78 is 2.35. The number of aromatic nitrogens is 1. The van der Waals surface area contributed by atoms with Crippen LogP contribution in [0.1, 0.15) is 0 Å². The van der Waals surface area contributed by atoms with Crippen LogP contribution in [0.2, 0.25) is 0 Å². The molecule has 0 bridgehead atoms. The van der Waals surface area contributed by atoms with Crippen LogP contribution in [0, 0.1) is 0 Å². The molecule has 0 aliphatic rings. The SMILES string of the molecule is CN(C)c1ccc2c(c1)c1cc(N(C)C)ccc1n2-c1ccccc1. The number of hydrogen-bond acceptors (Lipinski definition) is 2. The molecule has 0 amide bonds. The van der Waals surface area contributed by atoms with Gasteiger partial charge in [0.1, 0.15) is 0 Å². The molecule has 0 atom stereocenters. The van der Waals surface area contributed by atoms with Crippen LogP contribution in [0.3, 0.4) is 0 Å². The van der Waals surface area contributed by atoms with Gasteiger partial charge in [-0.15, -0.1) is 0 Å². The molecule has 4 rings (SSSR count). The Hall–Kier alpha value is -2.94. The molecule has 25 heavy (non-hydrogen) atoms. The van der Waals surface area contributed by atoms with E-state index in [1.807, 2.05) is 0 Å². The first kappa shape index (κ1) is 15.6. The van der Waals surface area contributed by atoms with Crippen LogP contribution in [0.25, 0.3) is 27.5 Å². The molecular formula is C22H23N3. The van der Waals surface area contributed by atoms with Gasteiger partial charge in [-0.25, -0.2) is 0 Å². The van der Waals surface area contributed by atoms with Gasteiger partial charge >= 0.3 is 0 Å². The number of fused-ring (bicyclic) bond motifs is 3. The third kappa shape index (κ3) is 2.52. The van der Waals surface area contributed by atoms with E-state index < -0.39 is 0 Å². The molecule has 4 aromatic rings. The number of benzene rings is 3. The van der Waals surface area contributed by atoms with Gasteiger partial charge in [0, 0.05) is 56.0 Å². The van der Waals surface area contributed by atoms with Crippen molar-refractivity contribution in [3.05, 3.63) is 66.7 Å². The van der Waals surface area contributed by atoms with Crippen molar-refractivity contribution in [3.63, 3.8) is 0 Å². The van der Waals surface area contributed by atoms with E-state index in [1.54, 1.807) is 0 Å². The fourth-order valence-electron chi connectivity index (χ4n) is 3.41. The van der Waals surface area contributed by atoms with Crippen molar-refractivity contribution in [2.75, 3.05) is 38.0 Å². The Morgan fingerprint density at radius 2 is 1.08 bits per heavy atom. The first-order chi connectivity index (χ1) is 12.1. The summed E-state index contributed by atoms with van der Waals surface area (Å²) in [5, 5.41) is 2.57. The molecule has 3 aromatic carbocycles. The standard InChI is InChI=1S/C22H23N3/c1-23(2)17-10-12-21-19(14-17)20-15-18(24(3)4)11-13-22(20)25(21)16-8-6-5-7-9-16/h5-15H,1-4H3. The third-order valence-electron chi connectivity index (χ3n) is 4.78. The van der Waals surface area contributed by atoms with E-state index in [2.05, 4.69) is 109 Å². The van der Waals surface area contributed by atoms with Crippen molar-refractivity contribution in [2.24, 2.45) is 0 Å². The van der Waals surface area contributed by atoms with Crippen LogP contribution in [-0.4, -0.2) is 32.8 Å². The zero-order chi connectivity index (χ0) is 17.6. The van der Waals surface area contributed by atoms with Crippen molar-refractivity contribution in [1.82, 2.24) is 4.57 Å². The molecule has 0 fully saturated rings. The third-order valence-corrected chi connectivity index (χ3v) is 4.78. The van der Waals surface area contributed by atoms with Crippen molar-refractivity contribution in [1.29, 1.82) is 0 Å². The topological polar surface area (TPSA) is 11.4 Å². The van der Waals surface area contributed by atoms with Crippen LogP contribution >= 0.6 is 0 Å². The maximum atomic E-state index is 2.35. The molecule has 0 aliphatic heterocycles. The maximum absolute atomic E-state index is 2.35. The highest BCUT2D eigenvalue weighted by molar-refractivity contribution is 6.11. The van der Waals surface area contributed by atoms with E-state index in [0.29, 0.717) is 0 Å². The monoisotopic (exact) mass is 329 g/mol. The molecule has 0 aliphatic carbocycles. The van der Waals surface area contributed by atoms with Gasteiger partial charge in [0.2, 0.25) is 0 Å². The molecule has 0 unspecified atom stereocenters. The lowest BCUT2D eigenvalue weighted by Crippen LogP contribution is -2.08. The predicted octanol–water partition coefficient (Wildman–Crippen LogP) is 4.92. The van der Waals surface area contributed by atoms with Gasteiger partial charge in [-0.2, -0.15) is 0 Å². The fourth-order valence-corrected chi connectivity index (χ4v) is 3.41. The largest absolute Gasteiger partial charge is 0.378 e. The fraction of sp³-hybridized carbons (Fsp3) is 0.182. The van der Waals surface area contributed by atoms with Crippen molar-refractivity contribution in [2.45, 2.75) is 0 Å². The van der Waals surface area contributed by atoms with E-state index in [4.69, 9.17) is 0 Å². The summed E-state index contributed by atoms with van der Waals surface area (Å²) in [7, 11) is 8.34. The second-order valence-electron chi connectivity index (χ2n) is 6.86. The van der Waals surface area contributed by atoms with Crippen LogP contribution in [0.15, 0.2) is 66.7 Å². The summed E-state index contributed by atoms with van der Waals surface area (Å²) in [5.74, 6) is 0. The van der Waals surface area contributed by atoms with Gasteiger partial charge in [-0.3, -0.25) is 0 Å². The highest BCUT2D eigenvalue weighted by Gasteiger charge is 2.14. The lowest BCUT2D eigenvalue weighted by molar-refractivity contribution is 1.13. The quantitative estimate of drug-likeness (QED) is 0.529. The summed E-state index contributed by atoms with van der Waals surface area (Å²) in [6.45, 7) is 0. The molecule has 126 valence electrons. The molecule has 0 N–H and O–H groups in total. The highest BCUT2D eigenvalue weighted by atomic mass is 15.1. The summed E-state index contributed by atoms with van der Waals surface area (Å²) in [5.41, 5.74) is 6.10. The number of rotatable bonds is 3. The Balaban J connectivity index is 2.12. The molecular weight excluding hydrogens is 306 g/mol. The Kier molecular flexibility index (Phi) is 3.65. The number of anilines is 2. The summed E-state index contributed by atoms with van der Waals surface area (Å²) in [6.07, 6.45) is 0. The zero-order valence-electron chi connectivity index (χ0n) is 15.2. The highest BCUT2D eigenvalue weighted by Crippen LogP contribution is 2.35. The van der Waals surface area contributed by atoms with Crippen LogP contribution in [0.5, 0.6) is 0 Å². The van der Waals surface area contributed by atoms with E-state index >= 15 is 0 Å². The molecule has 1 aromatic heterocycles. The first-order valence-electron chi connectivity index (χ1n) is 8.54. The molecule has 0 saturated heterocycles. The number of hydrogen-bond donors (Lipinski definition) is 0. The number of nitrogens with zero attached hydrogens (tertiary/aromatic N) is 3. The van der Waals surface area contributed by atoms with Crippen LogP contribution in [-0.2, 0) is 0 Å². The normalized spacial score (nSPS) is 11.2. The van der Waals surface area contributed by atoms with Crippen molar-refractivity contribution < 1.29 is 0 Å². The van der Waals surface area contributed by atoms with E-state index in [0.717, 1.165) is 0 Å². The first-order valence-corrected chi connectivity index (χ1v) is 8.54. The Morgan fingerprint density at radius 3 is 1.52 bits per heavy atom. The summed E-state index contributed by atoms with van der Waals surface area (Å²) in [4.78, 5) is 4.31. The van der Waals surface area contributed by atoms with Gasteiger partial charge in [-0.1, -0.05) is 18.2 Å². The molecule has 0 saturated carbocycles. The lowest BCUT2D eigenvalue weighted by Gasteiger charge is -2.13. The summed E-state index contributed by atoms with van der Waals surface area (Å²) in [6, 6.07) is 24.0. The van der Waals surface area contributed by atoms with Gasteiger partial charge in [0.05, 0.1) is 11.0 Å². The summed E-state index contributed by atoms with van der Waals surface area (Å²) >= 11 is 0. The van der Waals surface area contributed by atoms with Gasteiger partial charge in [0.15, 0.2) is 0 Å². The Bertz CT molecular complexity index is 978. The predicted molar refractivity (Wildman–Crippen MR) is 109 cm³/mol.